The van der Waals surface area contributed by atoms with Crippen LogP contribution in [0.3, 0.4) is 0 Å². The van der Waals surface area contributed by atoms with Crippen molar-refractivity contribution in [1.82, 2.24) is 15.2 Å². The van der Waals surface area contributed by atoms with Crippen molar-refractivity contribution in [3.63, 3.8) is 0 Å². The Balaban J connectivity index is 2.09. The number of hydrogen-bond acceptors (Lipinski definition) is 4. The first kappa shape index (κ1) is 22.5. The Morgan fingerprint density at radius 1 is 1.00 bits per heavy atom. The molecule has 0 heterocycles. The second-order valence-electron chi connectivity index (χ2n) is 6.38. The molecule has 0 aromatic heterocycles. The molecule has 2 aromatic rings. The molecular weight excluding hydrogens is 397 g/mol. The summed E-state index contributed by atoms with van der Waals surface area (Å²) in [5.74, 6) is -1.54. The van der Waals surface area contributed by atoms with E-state index < -0.39 is 27.7 Å². The van der Waals surface area contributed by atoms with Crippen molar-refractivity contribution in [1.29, 1.82) is 0 Å². The summed E-state index contributed by atoms with van der Waals surface area (Å²) in [5.41, 5.74) is 5.74. The van der Waals surface area contributed by atoms with E-state index in [9.17, 15) is 22.4 Å². The topological polar surface area (TPSA) is 95.6 Å². The third kappa shape index (κ3) is 5.61. The third-order valence-corrected chi connectivity index (χ3v) is 6.56. The Hall–Kier alpha value is -2.78. The highest BCUT2D eigenvalue weighted by molar-refractivity contribution is 7.89. The molecule has 2 amide bonds. The SMILES string of the molecule is CCN(CC)S(=O)(=O)c1cc(C(=O)NNC(=O)Cc2ccc(F)cc2)ccc1C. The molecular formula is C20H24FN3O4S. The lowest BCUT2D eigenvalue weighted by Gasteiger charge is -2.20. The number of hydrogen-bond donors (Lipinski definition) is 2. The van der Waals surface area contributed by atoms with Gasteiger partial charge in [0.2, 0.25) is 15.9 Å². The summed E-state index contributed by atoms with van der Waals surface area (Å²) in [6, 6.07) is 9.76. The average molecular weight is 421 g/mol. The molecule has 0 aliphatic carbocycles. The van der Waals surface area contributed by atoms with E-state index in [-0.39, 0.29) is 16.9 Å². The van der Waals surface area contributed by atoms with Crippen LogP contribution in [0.1, 0.15) is 35.3 Å². The number of aryl methyl sites for hydroxylation is 1. The van der Waals surface area contributed by atoms with E-state index in [1.807, 2.05) is 0 Å². The number of rotatable bonds is 7. The van der Waals surface area contributed by atoms with E-state index in [2.05, 4.69) is 10.9 Å². The van der Waals surface area contributed by atoms with Crippen molar-refractivity contribution >= 4 is 21.8 Å². The number of sulfonamides is 1. The summed E-state index contributed by atoms with van der Waals surface area (Å²) in [6.07, 6.45) is -0.0456. The number of carbonyl (C=O) groups is 2. The van der Waals surface area contributed by atoms with Crippen molar-refractivity contribution in [2.24, 2.45) is 0 Å². The smallest absolute Gasteiger partial charge is 0.269 e. The Labute approximate surface area is 169 Å². The van der Waals surface area contributed by atoms with Crippen LogP contribution >= 0.6 is 0 Å². The van der Waals surface area contributed by atoms with E-state index in [1.165, 1.54) is 40.7 Å². The Morgan fingerprint density at radius 2 is 1.62 bits per heavy atom. The molecule has 0 aliphatic heterocycles. The Morgan fingerprint density at radius 3 is 2.21 bits per heavy atom. The van der Waals surface area contributed by atoms with Crippen LogP contribution in [0.4, 0.5) is 4.39 Å². The molecule has 0 fully saturated rings. The summed E-state index contributed by atoms with van der Waals surface area (Å²) in [4.78, 5) is 24.4. The van der Waals surface area contributed by atoms with Gasteiger partial charge < -0.3 is 0 Å². The minimum atomic E-state index is -3.73. The Bertz CT molecular complexity index is 987. The lowest BCUT2D eigenvalue weighted by Crippen LogP contribution is -2.42. The molecule has 0 aliphatic rings. The molecule has 7 nitrogen and oxygen atoms in total. The van der Waals surface area contributed by atoms with E-state index in [4.69, 9.17) is 0 Å². The molecule has 2 aromatic carbocycles. The highest BCUT2D eigenvalue weighted by atomic mass is 32.2. The number of nitrogens with zero attached hydrogens (tertiary/aromatic N) is 1. The second kappa shape index (κ2) is 9.62. The maximum absolute atomic E-state index is 12.9. The summed E-state index contributed by atoms with van der Waals surface area (Å²) in [5, 5.41) is 0. The standard InChI is InChI=1S/C20H24FN3O4S/c1-4-24(5-2)29(27,28)18-13-16(9-6-14(18)3)20(26)23-22-19(25)12-15-7-10-17(21)11-8-15/h6-11,13H,4-5,12H2,1-3H3,(H,22,25)(H,23,26). The fraction of sp³-hybridized carbons (Fsp3) is 0.300. The average Bonchev–Trinajstić information content (AvgIpc) is 2.69. The molecule has 0 spiro atoms. The van der Waals surface area contributed by atoms with Crippen LogP contribution in [0.15, 0.2) is 47.4 Å². The van der Waals surface area contributed by atoms with Crippen molar-refractivity contribution in [2.75, 3.05) is 13.1 Å². The molecule has 0 saturated carbocycles. The fourth-order valence-corrected chi connectivity index (χ4v) is 4.46. The van der Waals surface area contributed by atoms with Crippen LogP contribution in [0.5, 0.6) is 0 Å². The quantitative estimate of drug-likeness (QED) is 0.670. The zero-order valence-corrected chi connectivity index (χ0v) is 17.3. The molecule has 0 saturated heterocycles. The van der Waals surface area contributed by atoms with Gasteiger partial charge in [0.25, 0.3) is 5.91 Å². The fourth-order valence-electron chi connectivity index (χ4n) is 2.75. The first-order valence-corrected chi connectivity index (χ1v) is 10.6. The first-order valence-electron chi connectivity index (χ1n) is 9.13. The van der Waals surface area contributed by atoms with Crippen LogP contribution in [0, 0.1) is 12.7 Å². The number of carbonyl (C=O) groups excluding carboxylic acids is 2. The van der Waals surface area contributed by atoms with E-state index in [0.29, 0.717) is 24.2 Å². The third-order valence-electron chi connectivity index (χ3n) is 4.37. The van der Waals surface area contributed by atoms with E-state index in [1.54, 1.807) is 26.8 Å². The van der Waals surface area contributed by atoms with Crippen LogP contribution in [0.2, 0.25) is 0 Å². The molecule has 29 heavy (non-hydrogen) atoms. The van der Waals surface area contributed by atoms with Crippen LogP contribution < -0.4 is 10.9 Å². The number of hydrazine groups is 1. The lowest BCUT2D eigenvalue weighted by molar-refractivity contribution is -0.121. The maximum atomic E-state index is 12.9. The molecule has 9 heteroatoms. The summed E-state index contributed by atoms with van der Waals surface area (Å²) in [7, 11) is -3.73. The zero-order valence-electron chi connectivity index (χ0n) is 16.5. The molecule has 2 N–H and O–H groups in total. The number of amides is 2. The first-order chi connectivity index (χ1) is 13.7. The Kier molecular flexibility index (Phi) is 7.46. The molecule has 0 atom stereocenters. The predicted octanol–water partition coefficient (Wildman–Crippen LogP) is 2.17. The van der Waals surface area contributed by atoms with Crippen LogP contribution in [0.25, 0.3) is 0 Å². The summed E-state index contributed by atoms with van der Waals surface area (Å²) < 4.78 is 39.8. The summed E-state index contributed by atoms with van der Waals surface area (Å²) >= 11 is 0. The molecule has 0 bridgehead atoms. The minimum Gasteiger partial charge on any atom is -0.273 e. The number of nitrogens with one attached hydrogen (secondary N) is 2. The van der Waals surface area contributed by atoms with Gasteiger partial charge in [0.05, 0.1) is 11.3 Å². The van der Waals surface area contributed by atoms with Gasteiger partial charge in [0, 0.05) is 18.7 Å². The molecule has 0 radical (unpaired) electrons. The van der Waals surface area contributed by atoms with E-state index >= 15 is 0 Å². The van der Waals surface area contributed by atoms with Crippen LogP contribution in [-0.4, -0.2) is 37.6 Å². The lowest BCUT2D eigenvalue weighted by atomic mass is 10.1. The largest absolute Gasteiger partial charge is 0.273 e. The molecule has 0 unspecified atom stereocenters. The van der Waals surface area contributed by atoms with E-state index in [0.717, 1.165) is 0 Å². The maximum Gasteiger partial charge on any atom is 0.269 e. The van der Waals surface area contributed by atoms with Gasteiger partial charge in [0.15, 0.2) is 0 Å². The highest BCUT2D eigenvalue weighted by Gasteiger charge is 2.24. The normalized spacial score (nSPS) is 11.3. The van der Waals surface area contributed by atoms with Crippen molar-refractivity contribution in [2.45, 2.75) is 32.1 Å². The summed E-state index contributed by atoms with van der Waals surface area (Å²) in [6.45, 7) is 5.76. The molecule has 156 valence electrons. The molecule has 2 rings (SSSR count). The van der Waals surface area contributed by atoms with Gasteiger partial charge in [-0.3, -0.25) is 20.4 Å². The second-order valence-corrected chi connectivity index (χ2v) is 8.28. The number of benzene rings is 2. The van der Waals surface area contributed by atoms with Gasteiger partial charge in [-0.25, -0.2) is 12.8 Å². The highest BCUT2D eigenvalue weighted by Crippen LogP contribution is 2.21. The van der Waals surface area contributed by atoms with Gasteiger partial charge in [-0.15, -0.1) is 0 Å². The zero-order chi connectivity index (χ0) is 21.6. The van der Waals surface area contributed by atoms with Gasteiger partial charge in [-0.05, 0) is 42.3 Å². The minimum absolute atomic E-state index is 0.0456. The van der Waals surface area contributed by atoms with Crippen molar-refractivity contribution in [3.8, 4) is 0 Å². The predicted molar refractivity (Wildman–Crippen MR) is 107 cm³/mol. The van der Waals surface area contributed by atoms with Gasteiger partial charge >= 0.3 is 0 Å². The van der Waals surface area contributed by atoms with Crippen molar-refractivity contribution in [3.05, 3.63) is 65.0 Å². The number of halogens is 1. The van der Waals surface area contributed by atoms with Gasteiger partial charge in [0.1, 0.15) is 5.82 Å². The van der Waals surface area contributed by atoms with Crippen LogP contribution in [-0.2, 0) is 21.2 Å². The van der Waals surface area contributed by atoms with Gasteiger partial charge in [-0.1, -0.05) is 32.0 Å². The van der Waals surface area contributed by atoms with Gasteiger partial charge in [-0.2, -0.15) is 4.31 Å². The van der Waals surface area contributed by atoms with Crippen molar-refractivity contribution < 1.29 is 22.4 Å². The monoisotopic (exact) mass is 421 g/mol.